The van der Waals surface area contributed by atoms with Gasteiger partial charge in [0.1, 0.15) is 5.69 Å². The van der Waals surface area contributed by atoms with Crippen molar-refractivity contribution in [1.82, 2.24) is 14.5 Å². The number of H-pyrrole nitrogens is 2. The molecule has 2 heterocycles. The summed E-state index contributed by atoms with van der Waals surface area (Å²) in [5.41, 5.74) is 0.192. The van der Waals surface area contributed by atoms with Gasteiger partial charge in [0, 0.05) is 36.1 Å². The van der Waals surface area contributed by atoms with Gasteiger partial charge in [0.2, 0.25) is 0 Å². The van der Waals surface area contributed by atoms with Crippen LogP contribution in [0.5, 0.6) is 0 Å². The first-order valence-electron chi connectivity index (χ1n) is 8.06. The number of para-hydroxylation sites is 1. The number of nitrogens with zero attached hydrogens (tertiary/aromatic N) is 2. The average molecular weight is 386 g/mol. The molecule has 0 atom stereocenters. The zero-order valence-corrected chi connectivity index (χ0v) is 15.3. The molecular formula is C18H18N4O6. The van der Waals surface area contributed by atoms with E-state index in [1.807, 2.05) is 47.8 Å². The maximum absolute atomic E-state index is 11.6. The fraction of sp³-hybridized carbons (Fsp3) is 0.167. The molecule has 28 heavy (non-hydrogen) atoms. The topological polar surface area (TPSA) is 151 Å². The van der Waals surface area contributed by atoms with E-state index in [4.69, 9.17) is 9.90 Å². The van der Waals surface area contributed by atoms with E-state index < -0.39 is 27.8 Å². The van der Waals surface area contributed by atoms with Gasteiger partial charge < -0.3 is 14.7 Å². The van der Waals surface area contributed by atoms with Gasteiger partial charge in [0.25, 0.3) is 5.97 Å². The van der Waals surface area contributed by atoms with Gasteiger partial charge in [-0.1, -0.05) is 24.3 Å². The van der Waals surface area contributed by atoms with Crippen LogP contribution in [0, 0.1) is 17.0 Å². The van der Waals surface area contributed by atoms with Crippen LogP contribution in [0.1, 0.15) is 23.9 Å². The largest absolute Gasteiger partial charge is 0.481 e. The predicted molar refractivity (Wildman–Crippen MR) is 104 cm³/mol. The minimum absolute atomic E-state index is 0.138. The molecule has 146 valence electrons. The van der Waals surface area contributed by atoms with Crippen molar-refractivity contribution < 1.29 is 14.8 Å². The molecule has 0 saturated carbocycles. The number of hydrogen-bond donors (Lipinski definition) is 3. The molecule has 3 N–H and O–H groups in total. The van der Waals surface area contributed by atoms with Crippen LogP contribution in [0.15, 0.2) is 33.9 Å². The summed E-state index contributed by atoms with van der Waals surface area (Å²) in [6.45, 7) is 3.01. The van der Waals surface area contributed by atoms with Crippen molar-refractivity contribution in [3.05, 3.63) is 72.2 Å². The van der Waals surface area contributed by atoms with Crippen LogP contribution in [0.25, 0.3) is 23.1 Å². The Hall–Kier alpha value is -3.95. The number of aryl methyl sites for hydroxylation is 1. The van der Waals surface area contributed by atoms with Gasteiger partial charge in [-0.3, -0.25) is 24.7 Å². The second-order valence-corrected chi connectivity index (χ2v) is 5.86. The van der Waals surface area contributed by atoms with Crippen LogP contribution in [-0.4, -0.2) is 30.5 Å². The number of carbonyl (C=O) groups is 1. The highest BCUT2D eigenvalue weighted by Crippen LogP contribution is 2.26. The van der Waals surface area contributed by atoms with Crippen molar-refractivity contribution in [2.75, 3.05) is 0 Å². The Morgan fingerprint density at radius 3 is 2.43 bits per heavy atom. The summed E-state index contributed by atoms with van der Waals surface area (Å²) >= 11 is 0. The van der Waals surface area contributed by atoms with Crippen molar-refractivity contribution >= 4 is 34.7 Å². The van der Waals surface area contributed by atoms with E-state index in [0.29, 0.717) is 0 Å². The summed E-state index contributed by atoms with van der Waals surface area (Å²) < 4.78 is 2.00. The number of hydrogen-bond acceptors (Lipinski definition) is 5. The first kappa shape index (κ1) is 20.4. The highest BCUT2D eigenvalue weighted by Gasteiger charge is 2.19. The smallest absolute Gasteiger partial charge is 0.357 e. The second kappa shape index (κ2) is 8.16. The number of aliphatic carboxylic acids is 1. The number of aromatic amines is 2. The Morgan fingerprint density at radius 2 is 1.82 bits per heavy atom. The third-order valence-corrected chi connectivity index (χ3v) is 3.99. The number of benzene rings is 1. The van der Waals surface area contributed by atoms with E-state index in [0.717, 1.165) is 29.1 Å². The van der Waals surface area contributed by atoms with E-state index in [2.05, 4.69) is 4.98 Å². The van der Waals surface area contributed by atoms with Crippen molar-refractivity contribution in [2.24, 2.45) is 7.05 Å². The number of aromatic nitrogens is 3. The molecule has 3 rings (SSSR count). The van der Waals surface area contributed by atoms with Gasteiger partial charge >= 0.3 is 16.9 Å². The molecule has 0 fully saturated rings. The molecule has 0 aliphatic rings. The molecule has 2 aromatic heterocycles. The molecule has 0 amide bonds. The highest BCUT2D eigenvalue weighted by molar-refractivity contribution is 5.93. The van der Waals surface area contributed by atoms with Crippen molar-refractivity contribution in [1.29, 1.82) is 0 Å². The first-order chi connectivity index (χ1) is 13.1. The van der Waals surface area contributed by atoms with Gasteiger partial charge in [-0.25, -0.2) is 4.79 Å². The first-order valence-corrected chi connectivity index (χ1v) is 8.06. The minimum Gasteiger partial charge on any atom is -0.481 e. The normalized spacial score (nSPS) is 10.7. The quantitative estimate of drug-likeness (QED) is 0.463. The number of fused-ring (bicyclic) bond motifs is 1. The predicted octanol–water partition coefficient (Wildman–Crippen LogP) is 2.03. The lowest BCUT2D eigenvalue weighted by Gasteiger charge is -1.98. The third-order valence-electron chi connectivity index (χ3n) is 3.99. The summed E-state index contributed by atoms with van der Waals surface area (Å²) in [5, 5.41) is 19.5. The average Bonchev–Trinajstić information content (AvgIpc) is 2.83. The monoisotopic (exact) mass is 386 g/mol. The lowest BCUT2D eigenvalue weighted by Crippen LogP contribution is -2.25. The minimum atomic E-state index is -1.03. The standard InChI is InChI=1S/C16H14N4O4.C2H4O2/c1-9-10(11-5-3-4-6-13(11)19(9)2)7-8-12-14(20(23)24)15(21)18-16(22)17-12;1-2(3)4/h3-8H,1-2H3,(H2,17,18,21,22);1H3,(H,3,4)/b8-7+;. The number of nitro groups is 1. The van der Waals surface area contributed by atoms with Gasteiger partial charge in [-0.2, -0.15) is 0 Å². The van der Waals surface area contributed by atoms with E-state index >= 15 is 0 Å². The number of carboxylic acid groups (broad SMARTS) is 1. The SMILES string of the molecule is CC(=O)O.Cc1c(/C=C/c2[nH]c(=O)[nH]c(=O)c2[N+](=O)[O-])c2ccccc2n1C. The Balaban J connectivity index is 0.000000640. The van der Waals surface area contributed by atoms with Crippen LogP contribution in [0.3, 0.4) is 0 Å². The Bertz CT molecular complexity index is 1190. The van der Waals surface area contributed by atoms with Crippen molar-refractivity contribution in [3.63, 3.8) is 0 Å². The molecular weight excluding hydrogens is 368 g/mol. The zero-order chi connectivity index (χ0) is 21.0. The number of carboxylic acids is 1. The van der Waals surface area contributed by atoms with Crippen LogP contribution in [0.2, 0.25) is 0 Å². The van der Waals surface area contributed by atoms with E-state index in [-0.39, 0.29) is 5.69 Å². The molecule has 10 heteroatoms. The molecule has 0 unspecified atom stereocenters. The van der Waals surface area contributed by atoms with E-state index in [1.54, 1.807) is 6.08 Å². The molecule has 1 aromatic carbocycles. The summed E-state index contributed by atoms with van der Waals surface area (Å²) in [5.74, 6) is -0.833. The molecule has 0 spiro atoms. The summed E-state index contributed by atoms with van der Waals surface area (Å²) in [7, 11) is 1.92. The lowest BCUT2D eigenvalue weighted by molar-refractivity contribution is -0.386. The van der Waals surface area contributed by atoms with Gasteiger partial charge in [0.15, 0.2) is 0 Å². The van der Waals surface area contributed by atoms with Gasteiger partial charge in [0.05, 0.1) is 4.92 Å². The van der Waals surface area contributed by atoms with Crippen molar-refractivity contribution in [2.45, 2.75) is 13.8 Å². The molecule has 0 aliphatic carbocycles. The van der Waals surface area contributed by atoms with E-state index in [9.17, 15) is 19.7 Å². The number of rotatable bonds is 3. The Kier molecular flexibility index (Phi) is 5.94. The molecule has 10 nitrogen and oxygen atoms in total. The highest BCUT2D eigenvalue weighted by atomic mass is 16.6. The molecule has 3 aromatic rings. The summed E-state index contributed by atoms with van der Waals surface area (Å²) in [6.07, 6.45) is 3.04. The lowest BCUT2D eigenvalue weighted by atomic mass is 10.1. The number of nitrogens with one attached hydrogen (secondary N) is 2. The van der Waals surface area contributed by atoms with Crippen molar-refractivity contribution in [3.8, 4) is 0 Å². The van der Waals surface area contributed by atoms with E-state index in [1.165, 1.54) is 6.08 Å². The third kappa shape index (κ3) is 4.23. The van der Waals surface area contributed by atoms with Crippen LogP contribution in [-0.2, 0) is 11.8 Å². The Morgan fingerprint density at radius 1 is 1.21 bits per heavy atom. The zero-order valence-electron chi connectivity index (χ0n) is 15.3. The fourth-order valence-corrected chi connectivity index (χ4v) is 2.73. The van der Waals surface area contributed by atoms with Crippen LogP contribution < -0.4 is 11.2 Å². The van der Waals surface area contributed by atoms with Gasteiger partial charge in [-0.05, 0) is 19.1 Å². The second-order valence-electron chi connectivity index (χ2n) is 5.86. The van der Waals surface area contributed by atoms with Crippen LogP contribution >= 0.6 is 0 Å². The molecule has 0 aliphatic heterocycles. The fourth-order valence-electron chi connectivity index (χ4n) is 2.73. The molecule has 0 bridgehead atoms. The maximum Gasteiger partial charge on any atom is 0.357 e. The molecule has 0 saturated heterocycles. The molecule has 0 radical (unpaired) electrons. The summed E-state index contributed by atoms with van der Waals surface area (Å²) in [6, 6.07) is 7.74. The van der Waals surface area contributed by atoms with Crippen LogP contribution in [0.4, 0.5) is 5.69 Å². The Labute approximate surface area is 157 Å². The summed E-state index contributed by atoms with van der Waals surface area (Å²) in [4.78, 5) is 46.5. The maximum atomic E-state index is 11.6. The van der Waals surface area contributed by atoms with Gasteiger partial charge in [-0.15, -0.1) is 0 Å².